The summed E-state index contributed by atoms with van der Waals surface area (Å²) in [5.74, 6) is 1.36. The Balaban J connectivity index is 1.45. The Kier molecular flexibility index (Phi) is 4.81. The summed E-state index contributed by atoms with van der Waals surface area (Å²) in [4.78, 5) is 0. The predicted octanol–water partition coefficient (Wildman–Crippen LogP) is 3.69. The maximum atomic E-state index is 13.2. The standard InChI is InChI=1S/C21H22FN3O2/c1-14-19(15(2)25(24-14)18-6-4-17(22)5-7-18)13-23-12-16-3-8-20-21(11-16)27-10-9-26-20/h3-8,11,23H,9-10,12-13H2,1-2H3. The molecule has 0 fully saturated rings. The molecule has 6 heteroatoms. The van der Waals surface area contributed by atoms with Crippen LogP contribution in [0.3, 0.4) is 0 Å². The first-order valence-corrected chi connectivity index (χ1v) is 9.02. The highest BCUT2D eigenvalue weighted by atomic mass is 19.1. The maximum absolute atomic E-state index is 13.2. The second-order valence-electron chi connectivity index (χ2n) is 6.62. The molecule has 4 rings (SSSR count). The van der Waals surface area contributed by atoms with Gasteiger partial charge in [0.2, 0.25) is 0 Å². The number of hydrogen-bond acceptors (Lipinski definition) is 4. The summed E-state index contributed by atoms with van der Waals surface area (Å²) >= 11 is 0. The predicted molar refractivity (Wildman–Crippen MR) is 101 cm³/mol. The summed E-state index contributed by atoms with van der Waals surface area (Å²) in [5, 5.41) is 8.08. The molecule has 0 amide bonds. The Morgan fingerprint density at radius 2 is 1.74 bits per heavy atom. The lowest BCUT2D eigenvalue weighted by molar-refractivity contribution is 0.171. The summed E-state index contributed by atoms with van der Waals surface area (Å²) in [5.41, 5.74) is 5.16. The van der Waals surface area contributed by atoms with E-state index in [1.54, 1.807) is 12.1 Å². The molecule has 140 valence electrons. The van der Waals surface area contributed by atoms with E-state index in [2.05, 4.69) is 10.4 Å². The first-order chi connectivity index (χ1) is 13.1. The Bertz CT molecular complexity index is 951. The van der Waals surface area contributed by atoms with Crippen molar-refractivity contribution in [2.45, 2.75) is 26.9 Å². The molecular formula is C21H22FN3O2. The van der Waals surface area contributed by atoms with Gasteiger partial charge in [0, 0.05) is 24.3 Å². The molecular weight excluding hydrogens is 345 g/mol. The van der Waals surface area contributed by atoms with E-state index in [4.69, 9.17) is 9.47 Å². The number of fused-ring (bicyclic) bond motifs is 1. The van der Waals surface area contributed by atoms with Gasteiger partial charge in [-0.1, -0.05) is 6.07 Å². The third-order valence-electron chi connectivity index (χ3n) is 4.75. The topological polar surface area (TPSA) is 48.3 Å². The molecule has 0 atom stereocenters. The van der Waals surface area contributed by atoms with E-state index in [9.17, 15) is 4.39 Å². The van der Waals surface area contributed by atoms with E-state index in [-0.39, 0.29) is 5.82 Å². The van der Waals surface area contributed by atoms with Crippen LogP contribution in [0.1, 0.15) is 22.5 Å². The number of aromatic nitrogens is 2. The van der Waals surface area contributed by atoms with Crippen molar-refractivity contribution in [3.63, 3.8) is 0 Å². The van der Waals surface area contributed by atoms with Gasteiger partial charge in [-0.05, 0) is 55.8 Å². The van der Waals surface area contributed by atoms with Crippen molar-refractivity contribution in [3.8, 4) is 17.2 Å². The van der Waals surface area contributed by atoms with Crippen molar-refractivity contribution < 1.29 is 13.9 Å². The second-order valence-corrected chi connectivity index (χ2v) is 6.62. The average molecular weight is 367 g/mol. The van der Waals surface area contributed by atoms with Gasteiger partial charge < -0.3 is 14.8 Å². The first kappa shape index (κ1) is 17.5. The quantitative estimate of drug-likeness (QED) is 0.747. The lowest BCUT2D eigenvalue weighted by Crippen LogP contribution is -2.17. The van der Waals surface area contributed by atoms with Crippen LogP contribution in [-0.4, -0.2) is 23.0 Å². The number of nitrogens with one attached hydrogen (secondary N) is 1. The molecule has 0 spiro atoms. The van der Waals surface area contributed by atoms with Gasteiger partial charge in [0.15, 0.2) is 11.5 Å². The smallest absolute Gasteiger partial charge is 0.161 e. The van der Waals surface area contributed by atoms with E-state index in [1.165, 1.54) is 12.1 Å². The van der Waals surface area contributed by atoms with Crippen molar-refractivity contribution in [1.82, 2.24) is 15.1 Å². The molecule has 1 aliphatic rings. The van der Waals surface area contributed by atoms with Crippen LogP contribution in [0.25, 0.3) is 5.69 Å². The molecule has 0 radical (unpaired) electrons. The highest BCUT2D eigenvalue weighted by Gasteiger charge is 2.14. The number of halogens is 1. The zero-order valence-electron chi connectivity index (χ0n) is 15.5. The molecule has 0 saturated heterocycles. The van der Waals surface area contributed by atoms with Crippen LogP contribution in [0, 0.1) is 19.7 Å². The van der Waals surface area contributed by atoms with Crippen LogP contribution in [0.5, 0.6) is 11.5 Å². The van der Waals surface area contributed by atoms with E-state index >= 15 is 0 Å². The van der Waals surface area contributed by atoms with Gasteiger partial charge in [-0.2, -0.15) is 5.10 Å². The summed E-state index contributed by atoms with van der Waals surface area (Å²) in [6, 6.07) is 12.4. The van der Waals surface area contributed by atoms with Gasteiger partial charge in [-0.15, -0.1) is 0 Å². The molecule has 5 nitrogen and oxygen atoms in total. The minimum Gasteiger partial charge on any atom is -0.486 e. The fourth-order valence-electron chi connectivity index (χ4n) is 3.29. The van der Waals surface area contributed by atoms with Crippen LogP contribution in [0.15, 0.2) is 42.5 Å². The molecule has 0 aliphatic carbocycles. The SMILES string of the molecule is Cc1nn(-c2ccc(F)cc2)c(C)c1CNCc1ccc2c(c1)OCCO2. The van der Waals surface area contributed by atoms with Crippen molar-refractivity contribution in [2.75, 3.05) is 13.2 Å². The maximum Gasteiger partial charge on any atom is 0.161 e. The molecule has 1 N–H and O–H groups in total. The minimum absolute atomic E-state index is 0.249. The Morgan fingerprint density at radius 3 is 2.52 bits per heavy atom. The van der Waals surface area contributed by atoms with Crippen molar-refractivity contribution in [2.24, 2.45) is 0 Å². The molecule has 0 unspecified atom stereocenters. The van der Waals surface area contributed by atoms with Crippen LogP contribution >= 0.6 is 0 Å². The van der Waals surface area contributed by atoms with Crippen molar-refractivity contribution in [3.05, 3.63) is 70.8 Å². The van der Waals surface area contributed by atoms with E-state index in [1.807, 2.05) is 36.7 Å². The fourth-order valence-corrected chi connectivity index (χ4v) is 3.29. The molecule has 3 aromatic rings. The summed E-state index contributed by atoms with van der Waals surface area (Å²) in [6.07, 6.45) is 0. The van der Waals surface area contributed by atoms with E-state index in [0.717, 1.165) is 46.2 Å². The Labute approximate surface area is 157 Å². The van der Waals surface area contributed by atoms with Crippen LogP contribution in [0.2, 0.25) is 0 Å². The number of hydrogen-bond donors (Lipinski definition) is 1. The van der Waals surface area contributed by atoms with Gasteiger partial charge in [-0.3, -0.25) is 0 Å². The van der Waals surface area contributed by atoms with Crippen LogP contribution < -0.4 is 14.8 Å². The summed E-state index contributed by atoms with van der Waals surface area (Å²) < 4.78 is 26.2. The molecule has 2 heterocycles. The number of nitrogens with zero attached hydrogens (tertiary/aromatic N) is 2. The Hall–Kier alpha value is -2.86. The fraction of sp³-hybridized carbons (Fsp3) is 0.286. The van der Waals surface area contributed by atoms with Gasteiger partial charge in [-0.25, -0.2) is 9.07 Å². The number of benzene rings is 2. The zero-order chi connectivity index (χ0) is 18.8. The Morgan fingerprint density at radius 1 is 1.00 bits per heavy atom. The molecule has 0 saturated carbocycles. The zero-order valence-corrected chi connectivity index (χ0v) is 15.5. The van der Waals surface area contributed by atoms with Gasteiger partial charge >= 0.3 is 0 Å². The van der Waals surface area contributed by atoms with Gasteiger partial charge in [0.05, 0.1) is 11.4 Å². The third-order valence-corrected chi connectivity index (χ3v) is 4.75. The number of aryl methyl sites for hydroxylation is 1. The van der Waals surface area contributed by atoms with Gasteiger partial charge in [0.1, 0.15) is 19.0 Å². The number of rotatable bonds is 5. The number of ether oxygens (including phenoxy) is 2. The van der Waals surface area contributed by atoms with Crippen LogP contribution in [0.4, 0.5) is 4.39 Å². The second kappa shape index (κ2) is 7.40. The highest BCUT2D eigenvalue weighted by Crippen LogP contribution is 2.30. The molecule has 1 aliphatic heterocycles. The molecule has 0 bridgehead atoms. The lowest BCUT2D eigenvalue weighted by Gasteiger charge is -2.19. The monoisotopic (exact) mass is 367 g/mol. The molecule has 2 aromatic carbocycles. The highest BCUT2D eigenvalue weighted by molar-refractivity contribution is 5.44. The van der Waals surface area contributed by atoms with Gasteiger partial charge in [0.25, 0.3) is 0 Å². The third kappa shape index (κ3) is 3.66. The van der Waals surface area contributed by atoms with Crippen molar-refractivity contribution in [1.29, 1.82) is 0 Å². The minimum atomic E-state index is -0.249. The normalized spacial score (nSPS) is 13.0. The van der Waals surface area contributed by atoms with E-state index < -0.39 is 0 Å². The first-order valence-electron chi connectivity index (χ1n) is 9.02. The summed E-state index contributed by atoms with van der Waals surface area (Å²) in [6.45, 7) is 6.63. The lowest BCUT2D eigenvalue weighted by atomic mass is 10.1. The molecule has 1 aromatic heterocycles. The largest absolute Gasteiger partial charge is 0.486 e. The van der Waals surface area contributed by atoms with Crippen LogP contribution in [-0.2, 0) is 13.1 Å². The summed E-state index contributed by atoms with van der Waals surface area (Å²) in [7, 11) is 0. The average Bonchev–Trinajstić information content (AvgIpc) is 2.97. The molecule has 27 heavy (non-hydrogen) atoms. The van der Waals surface area contributed by atoms with E-state index in [0.29, 0.717) is 19.8 Å². The van der Waals surface area contributed by atoms with Crippen molar-refractivity contribution >= 4 is 0 Å².